The third-order valence-electron chi connectivity index (χ3n) is 4.87. The quantitative estimate of drug-likeness (QED) is 0.597. The Bertz CT molecular complexity index is 834. The molecule has 3 rings (SSSR count). The number of rotatable bonds is 5. The standard InChI is InChI=1S/C21H26N2O4S/c1-5-26-19(24)17-18(20(25)27-6-2)23(16-10-8-7-9-11-16)21(22-17)12-14(3)15(4)13-28-21/h7-11,22H,5-6,12-13H2,1-4H3. The van der Waals surface area contributed by atoms with E-state index in [1.54, 1.807) is 25.6 Å². The smallest absolute Gasteiger partial charge is 0.357 e. The first kappa shape index (κ1) is 20.3. The minimum atomic E-state index is -0.685. The Labute approximate surface area is 169 Å². The average Bonchev–Trinajstić information content (AvgIpc) is 3.01. The number of benzene rings is 1. The second-order valence-electron chi connectivity index (χ2n) is 6.77. The van der Waals surface area contributed by atoms with Crippen molar-refractivity contribution < 1.29 is 19.1 Å². The Morgan fingerprint density at radius 1 is 1.07 bits per heavy atom. The predicted molar refractivity (Wildman–Crippen MR) is 111 cm³/mol. The van der Waals surface area contributed by atoms with Gasteiger partial charge in [-0.1, -0.05) is 29.3 Å². The van der Waals surface area contributed by atoms with Gasteiger partial charge < -0.3 is 19.7 Å². The fourth-order valence-electron chi connectivity index (χ4n) is 3.40. The van der Waals surface area contributed by atoms with E-state index in [-0.39, 0.29) is 24.6 Å². The van der Waals surface area contributed by atoms with Crippen LogP contribution < -0.4 is 10.2 Å². The Morgan fingerprint density at radius 3 is 2.32 bits per heavy atom. The van der Waals surface area contributed by atoms with Gasteiger partial charge in [-0.25, -0.2) is 9.59 Å². The molecular formula is C21H26N2O4S. The van der Waals surface area contributed by atoms with Crippen LogP contribution in [0.15, 0.2) is 52.9 Å². The van der Waals surface area contributed by atoms with Crippen LogP contribution >= 0.6 is 11.8 Å². The van der Waals surface area contributed by atoms with E-state index in [0.29, 0.717) is 6.42 Å². The summed E-state index contributed by atoms with van der Waals surface area (Å²) >= 11 is 1.67. The van der Waals surface area contributed by atoms with Crippen molar-refractivity contribution >= 4 is 29.4 Å². The van der Waals surface area contributed by atoms with Crippen molar-refractivity contribution in [2.24, 2.45) is 0 Å². The van der Waals surface area contributed by atoms with E-state index in [9.17, 15) is 9.59 Å². The number of esters is 2. The molecule has 7 heteroatoms. The number of carbonyl (C=O) groups is 2. The third-order valence-corrected chi connectivity index (χ3v) is 6.35. The molecule has 0 aliphatic carbocycles. The number of ether oxygens (including phenoxy) is 2. The molecule has 6 nitrogen and oxygen atoms in total. The van der Waals surface area contributed by atoms with Crippen molar-refractivity contribution in [1.82, 2.24) is 5.32 Å². The monoisotopic (exact) mass is 402 g/mol. The van der Waals surface area contributed by atoms with Gasteiger partial charge in [0.05, 0.1) is 13.2 Å². The first-order valence-corrected chi connectivity index (χ1v) is 10.4. The summed E-state index contributed by atoms with van der Waals surface area (Å²) in [6, 6.07) is 9.60. The SMILES string of the molecule is CCOC(=O)C1=C(C(=O)OCC)N(c2ccccc2)C2(CC(C)=C(C)CS2)N1. The first-order valence-electron chi connectivity index (χ1n) is 9.44. The number of hydrogen-bond acceptors (Lipinski definition) is 7. The van der Waals surface area contributed by atoms with E-state index in [1.807, 2.05) is 35.2 Å². The maximum Gasteiger partial charge on any atom is 0.357 e. The summed E-state index contributed by atoms with van der Waals surface area (Å²) in [6.07, 6.45) is 0.657. The molecule has 2 aliphatic heterocycles. The highest BCUT2D eigenvalue weighted by Gasteiger charge is 2.52. The number of anilines is 1. The van der Waals surface area contributed by atoms with Gasteiger partial charge in [0.1, 0.15) is 0 Å². The molecule has 2 heterocycles. The molecule has 1 unspecified atom stereocenters. The Morgan fingerprint density at radius 2 is 1.71 bits per heavy atom. The molecule has 0 amide bonds. The van der Waals surface area contributed by atoms with Gasteiger partial charge in [0, 0.05) is 17.9 Å². The van der Waals surface area contributed by atoms with E-state index < -0.39 is 16.9 Å². The van der Waals surface area contributed by atoms with Gasteiger partial charge >= 0.3 is 11.9 Å². The summed E-state index contributed by atoms with van der Waals surface area (Å²) in [7, 11) is 0. The van der Waals surface area contributed by atoms with Crippen molar-refractivity contribution in [2.75, 3.05) is 23.9 Å². The van der Waals surface area contributed by atoms with Crippen molar-refractivity contribution in [1.29, 1.82) is 0 Å². The van der Waals surface area contributed by atoms with E-state index in [2.05, 4.69) is 19.2 Å². The summed E-state index contributed by atoms with van der Waals surface area (Å²) in [5, 5.41) is 3.34. The summed E-state index contributed by atoms with van der Waals surface area (Å²) < 4.78 is 10.5. The number of nitrogens with zero attached hydrogens (tertiary/aromatic N) is 1. The largest absolute Gasteiger partial charge is 0.461 e. The van der Waals surface area contributed by atoms with Gasteiger partial charge in [-0.05, 0) is 39.8 Å². The summed E-state index contributed by atoms with van der Waals surface area (Å²) in [5.74, 6) is -0.287. The van der Waals surface area contributed by atoms with Gasteiger partial charge in [-0.2, -0.15) is 0 Å². The number of carbonyl (C=O) groups excluding carboxylic acids is 2. The van der Waals surface area contributed by atoms with Crippen LogP contribution in [0.25, 0.3) is 0 Å². The average molecular weight is 403 g/mol. The van der Waals surface area contributed by atoms with Gasteiger partial charge in [-0.3, -0.25) is 0 Å². The van der Waals surface area contributed by atoms with Crippen LogP contribution in [0, 0.1) is 0 Å². The van der Waals surface area contributed by atoms with Gasteiger partial charge in [-0.15, -0.1) is 11.8 Å². The Kier molecular flexibility index (Phi) is 6.03. The van der Waals surface area contributed by atoms with Crippen LogP contribution in [-0.2, 0) is 19.1 Å². The molecule has 0 saturated heterocycles. The Hall–Kier alpha value is -2.41. The van der Waals surface area contributed by atoms with Gasteiger partial charge in [0.15, 0.2) is 16.4 Å². The third kappa shape index (κ3) is 3.63. The molecule has 1 atom stereocenters. The van der Waals surface area contributed by atoms with Gasteiger partial charge in [0.25, 0.3) is 0 Å². The molecule has 1 aromatic rings. The maximum atomic E-state index is 12.9. The van der Waals surface area contributed by atoms with Crippen molar-refractivity contribution in [3.05, 3.63) is 52.9 Å². The van der Waals surface area contributed by atoms with Crippen LogP contribution in [-0.4, -0.2) is 35.9 Å². The molecule has 0 aromatic heterocycles. The molecule has 1 N–H and O–H groups in total. The maximum absolute atomic E-state index is 12.9. The van der Waals surface area contributed by atoms with E-state index in [0.717, 1.165) is 11.4 Å². The molecule has 0 saturated carbocycles. The molecule has 0 fully saturated rings. The van der Waals surface area contributed by atoms with Crippen LogP contribution in [0.1, 0.15) is 34.1 Å². The summed E-state index contributed by atoms with van der Waals surface area (Å²) in [6.45, 7) is 8.15. The van der Waals surface area contributed by atoms with Crippen LogP contribution in [0.2, 0.25) is 0 Å². The zero-order chi connectivity index (χ0) is 20.3. The lowest BCUT2D eigenvalue weighted by Gasteiger charge is -2.43. The molecule has 0 bridgehead atoms. The highest BCUT2D eigenvalue weighted by atomic mass is 32.2. The zero-order valence-electron chi connectivity index (χ0n) is 16.7. The van der Waals surface area contributed by atoms with E-state index in [1.165, 1.54) is 11.1 Å². The zero-order valence-corrected chi connectivity index (χ0v) is 17.5. The highest BCUT2D eigenvalue weighted by molar-refractivity contribution is 8.01. The number of hydrogen-bond donors (Lipinski definition) is 1. The molecule has 28 heavy (non-hydrogen) atoms. The van der Waals surface area contributed by atoms with E-state index >= 15 is 0 Å². The molecule has 1 spiro atoms. The van der Waals surface area contributed by atoms with Crippen molar-refractivity contribution in [3.8, 4) is 0 Å². The number of thioether (sulfide) groups is 1. The lowest BCUT2D eigenvalue weighted by atomic mass is 10.1. The second kappa shape index (κ2) is 8.31. The van der Waals surface area contributed by atoms with Crippen LogP contribution in [0.5, 0.6) is 0 Å². The minimum absolute atomic E-state index is 0.156. The number of para-hydroxylation sites is 1. The molecule has 2 aliphatic rings. The lowest BCUT2D eigenvalue weighted by Crippen LogP contribution is -2.53. The molecule has 150 valence electrons. The van der Waals surface area contributed by atoms with Crippen molar-refractivity contribution in [2.45, 2.75) is 39.1 Å². The molecule has 1 aromatic carbocycles. The van der Waals surface area contributed by atoms with Crippen molar-refractivity contribution in [3.63, 3.8) is 0 Å². The second-order valence-corrected chi connectivity index (χ2v) is 8.02. The fourth-order valence-corrected chi connectivity index (χ4v) is 4.92. The lowest BCUT2D eigenvalue weighted by molar-refractivity contribution is -0.141. The molecular weight excluding hydrogens is 376 g/mol. The highest BCUT2D eigenvalue weighted by Crippen LogP contribution is 2.48. The van der Waals surface area contributed by atoms with Crippen LogP contribution in [0.4, 0.5) is 5.69 Å². The van der Waals surface area contributed by atoms with Gasteiger partial charge in [0.2, 0.25) is 0 Å². The normalized spacial score (nSPS) is 21.8. The summed E-state index contributed by atoms with van der Waals surface area (Å²) in [5.41, 5.74) is 3.72. The Balaban J connectivity index is 2.17. The predicted octanol–water partition coefficient (Wildman–Crippen LogP) is 3.56. The number of nitrogens with one attached hydrogen (secondary N) is 1. The van der Waals surface area contributed by atoms with Crippen LogP contribution in [0.3, 0.4) is 0 Å². The molecule has 0 radical (unpaired) electrons. The van der Waals surface area contributed by atoms with E-state index in [4.69, 9.17) is 9.47 Å². The topological polar surface area (TPSA) is 67.9 Å². The minimum Gasteiger partial charge on any atom is -0.461 e. The first-order chi connectivity index (χ1) is 13.4. The fraction of sp³-hybridized carbons (Fsp3) is 0.429. The summed E-state index contributed by atoms with van der Waals surface area (Å²) in [4.78, 5) is 26.9.